The SMILES string of the molecule is COc1ccc(C(=O)CSc2ncc(-c3ccccc3)[nH]2)cc1. The van der Waals surface area contributed by atoms with Crippen LogP contribution in [0.15, 0.2) is 66.0 Å². The molecule has 0 aliphatic rings. The molecule has 1 N–H and O–H groups in total. The van der Waals surface area contributed by atoms with Gasteiger partial charge in [0.1, 0.15) is 5.75 Å². The van der Waals surface area contributed by atoms with E-state index in [1.54, 1.807) is 37.6 Å². The minimum Gasteiger partial charge on any atom is -0.497 e. The average Bonchev–Trinajstić information content (AvgIpc) is 3.09. The summed E-state index contributed by atoms with van der Waals surface area (Å²) in [6, 6.07) is 17.1. The Morgan fingerprint density at radius 1 is 1.13 bits per heavy atom. The van der Waals surface area contributed by atoms with Crippen LogP contribution in [0.1, 0.15) is 10.4 Å². The molecule has 0 aliphatic heterocycles. The lowest BCUT2D eigenvalue weighted by Crippen LogP contribution is -2.02. The summed E-state index contributed by atoms with van der Waals surface area (Å²) in [4.78, 5) is 19.7. The molecule has 0 amide bonds. The van der Waals surface area contributed by atoms with E-state index in [1.807, 2.05) is 30.3 Å². The number of carbonyl (C=O) groups is 1. The molecule has 0 radical (unpaired) electrons. The quantitative estimate of drug-likeness (QED) is 0.549. The Labute approximate surface area is 138 Å². The molecule has 0 saturated carbocycles. The summed E-state index contributed by atoms with van der Waals surface area (Å²) in [6.45, 7) is 0. The zero-order chi connectivity index (χ0) is 16.1. The highest BCUT2D eigenvalue weighted by Gasteiger charge is 2.09. The molecular formula is C18H16N2O2S. The number of carbonyl (C=O) groups excluding carboxylic acids is 1. The highest BCUT2D eigenvalue weighted by molar-refractivity contribution is 7.99. The summed E-state index contributed by atoms with van der Waals surface area (Å²) in [6.07, 6.45) is 1.79. The van der Waals surface area contributed by atoms with Crippen molar-refractivity contribution in [3.05, 3.63) is 66.4 Å². The van der Waals surface area contributed by atoms with Crippen molar-refractivity contribution in [2.45, 2.75) is 5.16 Å². The van der Waals surface area contributed by atoms with E-state index in [9.17, 15) is 4.79 Å². The van der Waals surface area contributed by atoms with Crippen molar-refractivity contribution >= 4 is 17.5 Å². The van der Waals surface area contributed by atoms with Gasteiger partial charge in [-0.3, -0.25) is 4.79 Å². The molecule has 1 heterocycles. The van der Waals surface area contributed by atoms with E-state index in [0.717, 1.165) is 22.2 Å². The number of aromatic amines is 1. The van der Waals surface area contributed by atoms with Crippen LogP contribution < -0.4 is 4.74 Å². The normalized spacial score (nSPS) is 10.5. The van der Waals surface area contributed by atoms with E-state index in [0.29, 0.717) is 11.3 Å². The maximum absolute atomic E-state index is 12.2. The number of benzene rings is 2. The first-order valence-electron chi connectivity index (χ1n) is 7.17. The molecule has 0 aliphatic carbocycles. The zero-order valence-electron chi connectivity index (χ0n) is 12.7. The van der Waals surface area contributed by atoms with Gasteiger partial charge in [0.25, 0.3) is 0 Å². The number of methoxy groups -OCH3 is 1. The van der Waals surface area contributed by atoms with Crippen molar-refractivity contribution in [1.29, 1.82) is 0 Å². The fourth-order valence-electron chi connectivity index (χ4n) is 2.13. The van der Waals surface area contributed by atoms with E-state index < -0.39 is 0 Å². The van der Waals surface area contributed by atoms with Crippen LogP contribution in [0.5, 0.6) is 5.75 Å². The van der Waals surface area contributed by atoms with Crippen molar-refractivity contribution in [3.63, 3.8) is 0 Å². The molecule has 116 valence electrons. The molecule has 5 heteroatoms. The summed E-state index contributed by atoms with van der Waals surface area (Å²) < 4.78 is 5.09. The zero-order valence-corrected chi connectivity index (χ0v) is 13.5. The molecule has 4 nitrogen and oxygen atoms in total. The molecule has 0 fully saturated rings. The van der Waals surface area contributed by atoms with Gasteiger partial charge in [-0.1, -0.05) is 42.1 Å². The number of nitrogens with one attached hydrogen (secondary N) is 1. The highest BCUT2D eigenvalue weighted by Crippen LogP contribution is 2.22. The monoisotopic (exact) mass is 324 g/mol. The van der Waals surface area contributed by atoms with Gasteiger partial charge in [-0.05, 0) is 29.8 Å². The minimum atomic E-state index is 0.0651. The summed E-state index contributed by atoms with van der Waals surface area (Å²) >= 11 is 1.40. The van der Waals surface area contributed by atoms with Crippen LogP contribution in [0.25, 0.3) is 11.3 Å². The summed E-state index contributed by atoms with van der Waals surface area (Å²) in [5.74, 6) is 1.15. The van der Waals surface area contributed by atoms with Crippen LogP contribution in [-0.4, -0.2) is 28.6 Å². The number of thioether (sulfide) groups is 1. The van der Waals surface area contributed by atoms with Crippen molar-refractivity contribution in [2.75, 3.05) is 12.9 Å². The summed E-state index contributed by atoms with van der Waals surface area (Å²) in [5.41, 5.74) is 2.70. The Bertz CT molecular complexity index is 782. The molecular weight excluding hydrogens is 308 g/mol. The first-order valence-corrected chi connectivity index (χ1v) is 8.15. The van der Waals surface area contributed by atoms with Gasteiger partial charge in [-0.15, -0.1) is 0 Å². The van der Waals surface area contributed by atoms with Crippen LogP contribution in [-0.2, 0) is 0 Å². The number of hydrogen-bond donors (Lipinski definition) is 1. The van der Waals surface area contributed by atoms with Crippen LogP contribution in [0.4, 0.5) is 0 Å². The van der Waals surface area contributed by atoms with Gasteiger partial charge >= 0.3 is 0 Å². The van der Waals surface area contributed by atoms with E-state index in [-0.39, 0.29) is 5.78 Å². The van der Waals surface area contributed by atoms with Crippen molar-refractivity contribution in [2.24, 2.45) is 0 Å². The first kappa shape index (κ1) is 15.4. The van der Waals surface area contributed by atoms with E-state index in [4.69, 9.17) is 4.74 Å². The third-order valence-electron chi connectivity index (χ3n) is 3.39. The molecule has 23 heavy (non-hydrogen) atoms. The lowest BCUT2D eigenvalue weighted by Gasteiger charge is -2.02. The predicted molar refractivity (Wildman–Crippen MR) is 92.1 cm³/mol. The second-order valence-electron chi connectivity index (χ2n) is 4.91. The molecule has 0 spiro atoms. The predicted octanol–water partition coefficient (Wildman–Crippen LogP) is 4.06. The van der Waals surface area contributed by atoms with Gasteiger partial charge in [-0.2, -0.15) is 0 Å². The van der Waals surface area contributed by atoms with Crippen molar-refractivity contribution in [3.8, 4) is 17.0 Å². The van der Waals surface area contributed by atoms with Gasteiger partial charge in [0, 0.05) is 5.56 Å². The smallest absolute Gasteiger partial charge is 0.173 e. The Hall–Kier alpha value is -2.53. The van der Waals surface area contributed by atoms with E-state index in [1.165, 1.54) is 11.8 Å². The number of ketones is 1. The maximum atomic E-state index is 12.2. The second-order valence-corrected chi connectivity index (χ2v) is 5.87. The van der Waals surface area contributed by atoms with Crippen LogP contribution in [0.3, 0.4) is 0 Å². The highest BCUT2D eigenvalue weighted by atomic mass is 32.2. The number of H-pyrrole nitrogens is 1. The van der Waals surface area contributed by atoms with E-state index >= 15 is 0 Å². The standard InChI is InChI=1S/C18H16N2O2S/c1-22-15-9-7-14(8-10-15)17(21)12-23-18-19-11-16(20-18)13-5-3-2-4-6-13/h2-11H,12H2,1H3,(H,19,20). The summed E-state index contributed by atoms with van der Waals surface area (Å²) in [7, 11) is 1.61. The van der Waals surface area contributed by atoms with E-state index in [2.05, 4.69) is 9.97 Å². The minimum absolute atomic E-state index is 0.0651. The molecule has 0 bridgehead atoms. The molecule has 2 aromatic carbocycles. The van der Waals surface area contributed by atoms with Gasteiger partial charge in [-0.25, -0.2) is 4.98 Å². The number of aromatic nitrogens is 2. The van der Waals surface area contributed by atoms with Crippen LogP contribution in [0, 0.1) is 0 Å². The topological polar surface area (TPSA) is 55.0 Å². The lowest BCUT2D eigenvalue weighted by molar-refractivity contribution is 0.102. The molecule has 3 rings (SSSR count). The Kier molecular flexibility index (Phi) is 4.78. The Morgan fingerprint density at radius 3 is 2.57 bits per heavy atom. The third kappa shape index (κ3) is 3.81. The number of imidazole rings is 1. The second kappa shape index (κ2) is 7.15. The largest absolute Gasteiger partial charge is 0.497 e. The molecule has 0 atom stereocenters. The number of Topliss-reactive ketones (excluding diaryl/α,β-unsaturated/α-hetero) is 1. The number of rotatable bonds is 6. The van der Waals surface area contributed by atoms with Gasteiger partial charge in [0.2, 0.25) is 0 Å². The van der Waals surface area contributed by atoms with Crippen LogP contribution >= 0.6 is 11.8 Å². The number of hydrogen-bond acceptors (Lipinski definition) is 4. The third-order valence-corrected chi connectivity index (χ3v) is 4.28. The van der Waals surface area contributed by atoms with Gasteiger partial charge in [0.05, 0.1) is 24.8 Å². The lowest BCUT2D eigenvalue weighted by atomic mass is 10.1. The molecule has 1 aromatic heterocycles. The van der Waals surface area contributed by atoms with Crippen molar-refractivity contribution in [1.82, 2.24) is 9.97 Å². The number of nitrogens with zero attached hydrogens (tertiary/aromatic N) is 1. The van der Waals surface area contributed by atoms with Gasteiger partial charge in [0.15, 0.2) is 10.9 Å². The summed E-state index contributed by atoms with van der Waals surface area (Å²) in [5, 5.41) is 0.741. The first-order chi connectivity index (χ1) is 11.3. The van der Waals surface area contributed by atoms with Gasteiger partial charge < -0.3 is 9.72 Å². The van der Waals surface area contributed by atoms with Crippen molar-refractivity contribution < 1.29 is 9.53 Å². The Morgan fingerprint density at radius 2 is 1.87 bits per heavy atom. The molecule has 0 unspecified atom stereocenters. The van der Waals surface area contributed by atoms with Crippen LogP contribution in [0.2, 0.25) is 0 Å². The molecule has 0 saturated heterocycles. The fourth-order valence-corrected chi connectivity index (χ4v) is 2.88. The Balaban J connectivity index is 1.62. The molecule has 3 aromatic rings. The average molecular weight is 324 g/mol. The number of ether oxygens (including phenoxy) is 1. The maximum Gasteiger partial charge on any atom is 0.173 e. The fraction of sp³-hybridized carbons (Fsp3) is 0.111.